The Morgan fingerprint density at radius 1 is 1.20 bits per heavy atom. The summed E-state index contributed by atoms with van der Waals surface area (Å²) in [4.78, 5) is 23.3. The maximum absolute atomic E-state index is 12.2. The van der Waals surface area contributed by atoms with E-state index in [1.165, 1.54) is 12.1 Å². The molecule has 1 aromatic rings. The van der Waals surface area contributed by atoms with Crippen LogP contribution in [0.3, 0.4) is 0 Å². The SMILES string of the molecule is CCC(CC)(CNC(=O)c1ccccc1C(=O)O)SC. The number of rotatable bonds is 7. The van der Waals surface area contributed by atoms with Crippen molar-refractivity contribution in [2.75, 3.05) is 12.8 Å². The molecule has 0 unspecified atom stereocenters. The minimum absolute atomic E-state index is 0.00777. The van der Waals surface area contributed by atoms with Crippen LogP contribution in [0.25, 0.3) is 0 Å². The number of amides is 1. The van der Waals surface area contributed by atoms with E-state index in [2.05, 4.69) is 19.2 Å². The van der Waals surface area contributed by atoms with Crippen molar-refractivity contribution >= 4 is 23.6 Å². The van der Waals surface area contributed by atoms with Crippen molar-refractivity contribution in [3.8, 4) is 0 Å². The van der Waals surface area contributed by atoms with Gasteiger partial charge in [0.05, 0.1) is 11.1 Å². The van der Waals surface area contributed by atoms with Crippen LogP contribution in [0.15, 0.2) is 24.3 Å². The largest absolute Gasteiger partial charge is 0.478 e. The number of aromatic carboxylic acids is 1. The van der Waals surface area contributed by atoms with Gasteiger partial charge in [-0.15, -0.1) is 0 Å². The first-order valence-electron chi connectivity index (χ1n) is 6.65. The monoisotopic (exact) mass is 295 g/mol. The van der Waals surface area contributed by atoms with Crippen molar-refractivity contribution in [2.24, 2.45) is 0 Å². The third-order valence-electron chi connectivity index (χ3n) is 3.69. The Balaban J connectivity index is 2.85. The average molecular weight is 295 g/mol. The molecule has 1 aromatic carbocycles. The molecule has 0 bridgehead atoms. The molecule has 0 heterocycles. The van der Waals surface area contributed by atoms with Gasteiger partial charge in [-0.05, 0) is 31.2 Å². The highest BCUT2D eigenvalue weighted by Crippen LogP contribution is 2.29. The lowest BCUT2D eigenvalue weighted by atomic mass is 10.0. The van der Waals surface area contributed by atoms with Gasteiger partial charge in [0.25, 0.3) is 5.91 Å². The van der Waals surface area contributed by atoms with Crippen LogP contribution >= 0.6 is 11.8 Å². The van der Waals surface area contributed by atoms with Gasteiger partial charge in [0, 0.05) is 11.3 Å². The average Bonchev–Trinajstić information content (AvgIpc) is 2.49. The number of hydrogen-bond acceptors (Lipinski definition) is 3. The Bertz CT molecular complexity index is 475. The van der Waals surface area contributed by atoms with Gasteiger partial charge in [-0.3, -0.25) is 4.79 Å². The number of carboxylic acids is 1. The summed E-state index contributed by atoms with van der Waals surface area (Å²) in [7, 11) is 0. The summed E-state index contributed by atoms with van der Waals surface area (Å²) in [6.45, 7) is 4.72. The van der Waals surface area contributed by atoms with Crippen LogP contribution in [-0.2, 0) is 0 Å². The van der Waals surface area contributed by atoms with Gasteiger partial charge in [-0.2, -0.15) is 11.8 Å². The molecule has 4 nitrogen and oxygen atoms in total. The fourth-order valence-corrected chi connectivity index (χ4v) is 2.86. The molecule has 110 valence electrons. The molecule has 0 saturated heterocycles. The number of carbonyl (C=O) groups is 2. The first-order valence-corrected chi connectivity index (χ1v) is 7.87. The van der Waals surface area contributed by atoms with Gasteiger partial charge in [-0.25, -0.2) is 4.79 Å². The van der Waals surface area contributed by atoms with Crippen LogP contribution in [0, 0.1) is 0 Å². The van der Waals surface area contributed by atoms with E-state index in [1.807, 2.05) is 6.26 Å². The molecule has 0 aliphatic heterocycles. The first-order chi connectivity index (χ1) is 9.49. The minimum Gasteiger partial charge on any atom is -0.478 e. The smallest absolute Gasteiger partial charge is 0.336 e. The Morgan fingerprint density at radius 2 is 1.75 bits per heavy atom. The maximum atomic E-state index is 12.2. The van der Waals surface area contributed by atoms with E-state index in [4.69, 9.17) is 5.11 Å². The molecule has 0 fully saturated rings. The Morgan fingerprint density at radius 3 is 2.20 bits per heavy atom. The molecule has 0 saturated carbocycles. The summed E-state index contributed by atoms with van der Waals surface area (Å²) >= 11 is 1.73. The van der Waals surface area contributed by atoms with Gasteiger partial charge in [0.2, 0.25) is 0 Å². The van der Waals surface area contributed by atoms with Crippen LogP contribution in [0.1, 0.15) is 47.4 Å². The molecule has 0 radical (unpaired) electrons. The lowest BCUT2D eigenvalue weighted by Gasteiger charge is -2.29. The number of carboxylic acid groups (broad SMARTS) is 1. The Labute approximate surface area is 124 Å². The summed E-state index contributed by atoms with van der Waals surface area (Å²) in [5, 5.41) is 12.0. The number of benzene rings is 1. The highest BCUT2D eigenvalue weighted by Gasteiger charge is 2.26. The molecule has 0 aliphatic carbocycles. The zero-order chi connectivity index (χ0) is 15.2. The summed E-state index contributed by atoms with van der Waals surface area (Å²) in [6.07, 6.45) is 3.93. The molecular formula is C15H21NO3S. The van der Waals surface area contributed by atoms with Crippen molar-refractivity contribution in [3.63, 3.8) is 0 Å². The molecular weight excluding hydrogens is 274 g/mol. The van der Waals surface area contributed by atoms with Crippen LogP contribution in [-0.4, -0.2) is 34.5 Å². The quantitative estimate of drug-likeness (QED) is 0.811. The summed E-state index contributed by atoms with van der Waals surface area (Å²) in [5.41, 5.74) is 0.245. The lowest BCUT2D eigenvalue weighted by Crippen LogP contribution is -2.40. The third-order valence-corrected chi connectivity index (χ3v) is 5.28. The van der Waals surface area contributed by atoms with Crippen molar-refractivity contribution in [3.05, 3.63) is 35.4 Å². The zero-order valence-corrected chi connectivity index (χ0v) is 12.9. The summed E-state index contributed by atoms with van der Waals surface area (Å²) in [5.74, 6) is -1.42. The Hall–Kier alpha value is -1.49. The number of hydrogen-bond donors (Lipinski definition) is 2. The van der Waals surface area contributed by atoms with Crippen molar-refractivity contribution in [1.82, 2.24) is 5.32 Å². The van der Waals surface area contributed by atoms with Crippen LogP contribution in [0.4, 0.5) is 0 Å². The van der Waals surface area contributed by atoms with E-state index in [1.54, 1.807) is 23.9 Å². The minimum atomic E-state index is -1.09. The van der Waals surface area contributed by atoms with Gasteiger partial charge in [-0.1, -0.05) is 26.0 Å². The number of nitrogens with one attached hydrogen (secondary N) is 1. The number of carbonyl (C=O) groups excluding carboxylic acids is 1. The van der Waals surface area contributed by atoms with E-state index in [0.717, 1.165) is 12.8 Å². The molecule has 20 heavy (non-hydrogen) atoms. The second kappa shape index (κ2) is 7.33. The third kappa shape index (κ3) is 3.76. The van der Waals surface area contributed by atoms with Crippen molar-refractivity contribution in [1.29, 1.82) is 0 Å². The lowest BCUT2D eigenvalue weighted by molar-refractivity contribution is 0.0691. The highest BCUT2D eigenvalue weighted by molar-refractivity contribution is 8.00. The van der Waals surface area contributed by atoms with Crippen molar-refractivity contribution < 1.29 is 14.7 Å². The topological polar surface area (TPSA) is 66.4 Å². The second-order valence-electron chi connectivity index (χ2n) is 4.63. The van der Waals surface area contributed by atoms with E-state index >= 15 is 0 Å². The second-order valence-corrected chi connectivity index (χ2v) is 5.90. The summed E-state index contributed by atoms with van der Waals surface area (Å²) in [6, 6.07) is 6.27. The fourth-order valence-electron chi connectivity index (χ4n) is 2.07. The molecule has 0 spiro atoms. The van der Waals surface area contributed by atoms with Gasteiger partial charge < -0.3 is 10.4 Å². The zero-order valence-electron chi connectivity index (χ0n) is 12.1. The predicted molar refractivity (Wildman–Crippen MR) is 82.6 cm³/mol. The van der Waals surface area contributed by atoms with E-state index in [9.17, 15) is 9.59 Å². The van der Waals surface area contributed by atoms with Gasteiger partial charge in [0.15, 0.2) is 0 Å². The molecule has 1 rings (SSSR count). The molecule has 0 aliphatic rings. The van der Waals surface area contributed by atoms with E-state index < -0.39 is 5.97 Å². The molecule has 0 atom stereocenters. The van der Waals surface area contributed by atoms with Crippen LogP contribution in [0.5, 0.6) is 0 Å². The maximum Gasteiger partial charge on any atom is 0.336 e. The van der Waals surface area contributed by atoms with E-state index in [0.29, 0.717) is 6.54 Å². The standard InChI is InChI=1S/C15H21NO3S/c1-4-15(5-2,20-3)10-16-13(17)11-8-6-7-9-12(11)14(18)19/h6-9H,4-5,10H2,1-3H3,(H,16,17)(H,18,19). The van der Waals surface area contributed by atoms with Crippen molar-refractivity contribution in [2.45, 2.75) is 31.4 Å². The van der Waals surface area contributed by atoms with Gasteiger partial charge >= 0.3 is 5.97 Å². The fraction of sp³-hybridized carbons (Fsp3) is 0.467. The highest BCUT2D eigenvalue weighted by atomic mass is 32.2. The molecule has 2 N–H and O–H groups in total. The Kier molecular flexibility index (Phi) is 6.07. The van der Waals surface area contributed by atoms with Crippen LogP contribution < -0.4 is 5.32 Å². The predicted octanol–water partition coefficient (Wildman–Crippen LogP) is 3.04. The molecule has 0 aromatic heterocycles. The normalized spacial score (nSPS) is 11.2. The van der Waals surface area contributed by atoms with E-state index in [-0.39, 0.29) is 21.8 Å². The van der Waals surface area contributed by atoms with Gasteiger partial charge in [0.1, 0.15) is 0 Å². The summed E-state index contributed by atoms with van der Waals surface area (Å²) < 4.78 is 0.00777. The first kappa shape index (κ1) is 16.6. The van der Waals surface area contributed by atoms with Crippen LogP contribution in [0.2, 0.25) is 0 Å². The molecule has 5 heteroatoms. The molecule has 1 amide bonds. The number of thioether (sulfide) groups is 1.